The van der Waals surface area contributed by atoms with E-state index in [9.17, 15) is 4.79 Å². The van der Waals surface area contributed by atoms with Crippen molar-refractivity contribution in [3.05, 3.63) is 12.2 Å². The fourth-order valence-corrected chi connectivity index (χ4v) is 6.18. The first-order valence-electron chi connectivity index (χ1n) is 8.42. The number of hydrogen-bond donors (Lipinski definition) is 0. The highest BCUT2D eigenvalue weighted by atomic mass is 16.6. The lowest BCUT2D eigenvalue weighted by Gasteiger charge is -2.45. The summed E-state index contributed by atoms with van der Waals surface area (Å²) in [6.45, 7) is 5.54. The summed E-state index contributed by atoms with van der Waals surface area (Å²) in [5.41, 5.74) is 0.955. The van der Waals surface area contributed by atoms with Gasteiger partial charge in [0.05, 0.1) is 0 Å². The van der Waals surface area contributed by atoms with Gasteiger partial charge in [-0.15, -0.1) is 0 Å². The Bertz CT molecular complexity index is 458. The van der Waals surface area contributed by atoms with Gasteiger partial charge in [-0.1, -0.05) is 6.58 Å². The van der Waals surface area contributed by atoms with Crippen molar-refractivity contribution >= 4 is 5.97 Å². The van der Waals surface area contributed by atoms with Gasteiger partial charge in [0, 0.05) is 11.5 Å². The van der Waals surface area contributed by atoms with E-state index >= 15 is 0 Å². The Morgan fingerprint density at radius 2 is 1.80 bits per heavy atom. The molecule has 4 aliphatic carbocycles. The standard InChI is InChI=1S/C18H26O2/c1-12(2)16(19)20-18-8-5-14(11-18)9-15(18)17-6-3-13(10-17)4-7-17/h13-15H,1,3-11H2,2H3. The van der Waals surface area contributed by atoms with Gasteiger partial charge < -0.3 is 4.74 Å². The van der Waals surface area contributed by atoms with Crippen molar-refractivity contribution in [1.29, 1.82) is 0 Å². The van der Waals surface area contributed by atoms with E-state index in [1.165, 1.54) is 44.9 Å². The number of hydrogen-bond acceptors (Lipinski definition) is 2. The molecule has 3 unspecified atom stereocenters. The summed E-state index contributed by atoms with van der Waals surface area (Å²) in [7, 11) is 0. The lowest BCUT2D eigenvalue weighted by Crippen LogP contribution is -2.46. The zero-order valence-electron chi connectivity index (χ0n) is 12.6. The van der Waals surface area contributed by atoms with Crippen molar-refractivity contribution in [2.24, 2.45) is 23.2 Å². The van der Waals surface area contributed by atoms with Gasteiger partial charge in [-0.2, -0.15) is 0 Å². The minimum atomic E-state index is -0.151. The summed E-state index contributed by atoms with van der Waals surface area (Å²) in [6.07, 6.45) is 11.9. The Balaban J connectivity index is 1.63. The van der Waals surface area contributed by atoms with E-state index in [-0.39, 0.29) is 11.6 Å². The van der Waals surface area contributed by atoms with Gasteiger partial charge in [-0.3, -0.25) is 0 Å². The molecule has 0 radical (unpaired) electrons. The van der Waals surface area contributed by atoms with Crippen LogP contribution in [0.3, 0.4) is 0 Å². The first-order chi connectivity index (χ1) is 9.53. The second-order valence-corrected chi connectivity index (χ2v) is 8.14. The molecule has 0 heterocycles. The highest BCUT2D eigenvalue weighted by Gasteiger charge is 2.64. The molecule has 3 atom stereocenters. The summed E-state index contributed by atoms with van der Waals surface area (Å²) in [5, 5.41) is 0. The smallest absolute Gasteiger partial charge is 0.333 e. The second kappa shape index (κ2) is 4.11. The van der Waals surface area contributed by atoms with Crippen LogP contribution in [0.15, 0.2) is 12.2 Å². The molecule has 0 aromatic carbocycles. The van der Waals surface area contributed by atoms with E-state index in [1.807, 2.05) is 0 Å². The number of esters is 1. The third-order valence-electron chi connectivity index (χ3n) is 6.99. The maximum Gasteiger partial charge on any atom is 0.333 e. The normalized spacial score (nSPS) is 48.8. The summed E-state index contributed by atoms with van der Waals surface area (Å²) < 4.78 is 6.08. The fraction of sp³-hybridized carbons (Fsp3) is 0.833. The number of fused-ring (bicyclic) bond motifs is 4. The summed E-state index contributed by atoms with van der Waals surface area (Å²) in [5.74, 6) is 2.28. The molecule has 4 aliphatic rings. The van der Waals surface area contributed by atoms with Crippen LogP contribution in [0.1, 0.15) is 64.7 Å². The maximum absolute atomic E-state index is 12.1. The number of rotatable bonds is 3. The molecule has 0 N–H and O–H groups in total. The van der Waals surface area contributed by atoms with Crippen molar-refractivity contribution in [3.8, 4) is 0 Å². The predicted octanol–water partition coefficient (Wildman–Crippen LogP) is 4.24. The van der Waals surface area contributed by atoms with Crippen LogP contribution in [0, 0.1) is 23.2 Å². The molecule has 0 amide bonds. The highest BCUT2D eigenvalue weighted by molar-refractivity contribution is 5.87. The van der Waals surface area contributed by atoms with E-state index in [2.05, 4.69) is 6.58 Å². The number of carbonyl (C=O) groups excluding carboxylic acids is 1. The zero-order chi connectivity index (χ0) is 14.0. The van der Waals surface area contributed by atoms with Crippen molar-refractivity contribution in [2.75, 3.05) is 0 Å². The van der Waals surface area contributed by atoms with Crippen LogP contribution >= 0.6 is 0 Å². The Kier molecular flexibility index (Phi) is 2.66. The predicted molar refractivity (Wildman–Crippen MR) is 78.1 cm³/mol. The van der Waals surface area contributed by atoms with Crippen LogP contribution in [-0.2, 0) is 9.53 Å². The molecule has 0 aromatic heterocycles. The van der Waals surface area contributed by atoms with Crippen LogP contribution in [0.2, 0.25) is 0 Å². The lowest BCUT2D eigenvalue weighted by atomic mass is 9.64. The van der Waals surface area contributed by atoms with E-state index in [0.29, 0.717) is 16.9 Å². The highest BCUT2D eigenvalue weighted by Crippen LogP contribution is 2.68. The lowest BCUT2D eigenvalue weighted by molar-refractivity contribution is -0.165. The average molecular weight is 274 g/mol. The molecule has 2 nitrogen and oxygen atoms in total. The molecule has 0 spiro atoms. The molecule has 4 saturated carbocycles. The van der Waals surface area contributed by atoms with E-state index in [1.54, 1.807) is 6.92 Å². The Morgan fingerprint density at radius 1 is 1.10 bits per heavy atom. The van der Waals surface area contributed by atoms with Gasteiger partial charge in [-0.25, -0.2) is 4.79 Å². The third kappa shape index (κ3) is 1.66. The van der Waals surface area contributed by atoms with Crippen LogP contribution in [0.25, 0.3) is 0 Å². The molecule has 20 heavy (non-hydrogen) atoms. The Morgan fingerprint density at radius 3 is 2.35 bits per heavy atom. The number of ether oxygens (including phenoxy) is 1. The molecule has 4 rings (SSSR count). The van der Waals surface area contributed by atoms with Crippen molar-refractivity contribution < 1.29 is 9.53 Å². The minimum absolute atomic E-state index is 0.125. The van der Waals surface area contributed by atoms with Crippen LogP contribution < -0.4 is 0 Å². The largest absolute Gasteiger partial charge is 0.455 e. The molecule has 0 aromatic rings. The molecule has 0 aliphatic heterocycles. The van der Waals surface area contributed by atoms with E-state index < -0.39 is 0 Å². The van der Waals surface area contributed by atoms with Crippen LogP contribution in [-0.4, -0.2) is 11.6 Å². The summed E-state index contributed by atoms with van der Waals surface area (Å²) >= 11 is 0. The van der Waals surface area contributed by atoms with Gasteiger partial charge in [0.1, 0.15) is 5.60 Å². The molecule has 2 heteroatoms. The van der Waals surface area contributed by atoms with E-state index in [4.69, 9.17) is 4.74 Å². The van der Waals surface area contributed by atoms with Crippen molar-refractivity contribution in [2.45, 2.75) is 70.3 Å². The first-order valence-corrected chi connectivity index (χ1v) is 8.42. The maximum atomic E-state index is 12.1. The quantitative estimate of drug-likeness (QED) is 0.568. The Labute approximate surface area is 122 Å². The monoisotopic (exact) mass is 274 g/mol. The molecule has 4 fully saturated rings. The van der Waals surface area contributed by atoms with Crippen LogP contribution in [0.4, 0.5) is 0 Å². The van der Waals surface area contributed by atoms with Gasteiger partial charge in [0.2, 0.25) is 0 Å². The minimum Gasteiger partial charge on any atom is -0.455 e. The van der Waals surface area contributed by atoms with Gasteiger partial charge in [0.25, 0.3) is 0 Å². The van der Waals surface area contributed by atoms with Gasteiger partial charge in [0.15, 0.2) is 0 Å². The van der Waals surface area contributed by atoms with E-state index in [0.717, 1.165) is 24.7 Å². The number of carbonyl (C=O) groups is 1. The van der Waals surface area contributed by atoms with Crippen molar-refractivity contribution in [3.63, 3.8) is 0 Å². The molecule has 0 saturated heterocycles. The van der Waals surface area contributed by atoms with Crippen LogP contribution in [0.5, 0.6) is 0 Å². The molecular formula is C18H26O2. The topological polar surface area (TPSA) is 26.3 Å². The van der Waals surface area contributed by atoms with Gasteiger partial charge >= 0.3 is 5.97 Å². The average Bonchev–Trinajstić information content (AvgIpc) is 3.17. The SMILES string of the molecule is C=C(C)C(=O)OC12CCC(CC1C13CCC(CC1)C3)C2. The summed E-state index contributed by atoms with van der Waals surface area (Å²) in [4.78, 5) is 12.1. The molecular weight excluding hydrogens is 248 g/mol. The van der Waals surface area contributed by atoms with Crippen molar-refractivity contribution in [1.82, 2.24) is 0 Å². The van der Waals surface area contributed by atoms with Gasteiger partial charge in [-0.05, 0) is 82.0 Å². The molecule has 4 bridgehead atoms. The summed E-state index contributed by atoms with van der Waals surface area (Å²) in [6, 6.07) is 0. The third-order valence-corrected chi connectivity index (χ3v) is 6.99. The fourth-order valence-electron chi connectivity index (χ4n) is 6.18. The zero-order valence-corrected chi connectivity index (χ0v) is 12.6. The Hall–Kier alpha value is -0.790. The first kappa shape index (κ1) is 12.9. The second-order valence-electron chi connectivity index (χ2n) is 8.14. The molecule has 110 valence electrons.